The Balaban J connectivity index is 2.28. The average Bonchev–Trinajstić information content (AvgIpc) is 2.74. The van der Waals surface area contributed by atoms with E-state index in [4.69, 9.17) is 9.47 Å². The van der Waals surface area contributed by atoms with Gasteiger partial charge in [-0.05, 0) is 42.9 Å². The lowest BCUT2D eigenvalue weighted by Gasteiger charge is -2.26. The van der Waals surface area contributed by atoms with Crippen molar-refractivity contribution >= 4 is 0 Å². The molecule has 1 aromatic rings. The van der Waals surface area contributed by atoms with E-state index in [2.05, 4.69) is 20.8 Å². The maximum Gasteiger partial charge on any atom is 0.124 e. The molecule has 1 aliphatic rings. The largest absolute Gasteiger partial charge is 0.497 e. The monoisotopic (exact) mass is 264 g/mol. The molecule has 2 atom stereocenters. The lowest BCUT2D eigenvalue weighted by molar-refractivity contribution is 0.0591. The van der Waals surface area contributed by atoms with Gasteiger partial charge in [0.1, 0.15) is 17.6 Å². The number of ether oxygens (including phenoxy) is 2. The Morgan fingerprint density at radius 1 is 1.21 bits per heavy atom. The molecule has 0 aromatic heterocycles. The lowest BCUT2D eigenvalue weighted by Crippen LogP contribution is -2.27. The van der Waals surface area contributed by atoms with E-state index >= 15 is 0 Å². The summed E-state index contributed by atoms with van der Waals surface area (Å²) in [4.78, 5) is 0. The molecular formula is C16H24O3. The molecule has 1 saturated carbocycles. The summed E-state index contributed by atoms with van der Waals surface area (Å²) in [6.45, 7) is 6.46. The van der Waals surface area contributed by atoms with Crippen LogP contribution >= 0.6 is 0 Å². The van der Waals surface area contributed by atoms with E-state index in [9.17, 15) is 5.11 Å². The molecule has 0 spiro atoms. The smallest absolute Gasteiger partial charge is 0.124 e. The molecule has 1 N–H and O–H groups in total. The van der Waals surface area contributed by atoms with E-state index in [-0.39, 0.29) is 17.6 Å². The van der Waals surface area contributed by atoms with Gasteiger partial charge in [-0.15, -0.1) is 0 Å². The Bertz CT molecular complexity index is 434. The summed E-state index contributed by atoms with van der Waals surface area (Å²) in [5.74, 6) is 1.70. The van der Waals surface area contributed by atoms with Crippen LogP contribution in [0.4, 0.5) is 0 Å². The molecule has 2 rings (SSSR count). The second-order valence-corrected chi connectivity index (χ2v) is 6.27. The average molecular weight is 264 g/mol. The molecule has 3 nitrogen and oxygen atoms in total. The summed E-state index contributed by atoms with van der Waals surface area (Å²) in [6.07, 6.45) is 2.39. The molecule has 0 unspecified atom stereocenters. The molecule has 19 heavy (non-hydrogen) atoms. The summed E-state index contributed by atoms with van der Waals surface area (Å²) in [7, 11) is 1.67. The Morgan fingerprint density at radius 3 is 2.47 bits per heavy atom. The number of aliphatic hydroxyl groups excluding tert-OH is 1. The summed E-state index contributed by atoms with van der Waals surface area (Å²) in [5.41, 5.74) is 1.10. The third kappa shape index (κ3) is 3.21. The maximum atomic E-state index is 9.90. The lowest BCUT2D eigenvalue weighted by atomic mass is 9.86. The van der Waals surface area contributed by atoms with Gasteiger partial charge in [-0.25, -0.2) is 0 Å². The van der Waals surface area contributed by atoms with Crippen LogP contribution in [0.15, 0.2) is 18.2 Å². The van der Waals surface area contributed by atoms with Crippen LogP contribution in [0.3, 0.4) is 0 Å². The standard InChI is InChI=1S/C16H24O3/c1-16(2,3)12-10-11(18-4)8-9-14(12)19-15-7-5-6-13(15)17/h8-10,13,15,17H,5-7H2,1-4H3/t13-,15-/m0/s1. The number of hydrogen-bond donors (Lipinski definition) is 1. The van der Waals surface area contributed by atoms with Gasteiger partial charge >= 0.3 is 0 Å². The molecule has 3 heteroatoms. The van der Waals surface area contributed by atoms with Crippen LogP contribution in [-0.4, -0.2) is 24.4 Å². The summed E-state index contributed by atoms with van der Waals surface area (Å²) in [6, 6.07) is 5.88. The Morgan fingerprint density at radius 2 is 1.95 bits per heavy atom. The second-order valence-electron chi connectivity index (χ2n) is 6.27. The van der Waals surface area contributed by atoms with Gasteiger partial charge in [0.25, 0.3) is 0 Å². The van der Waals surface area contributed by atoms with Crippen LogP contribution in [0.25, 0.3) is 0 Å². The Labute approximate surface area is 115 Å². The number of methoxy groups -OCH3 is 1. The van der Waals surface area contributed by atoms with E-state index in [0.29, 0.717) is 0 Å². The zero-order valence-corrected chi connectivity index (χ0v) is 12.3. The predicted octanol–water partition coefficient (Wildman–Crippen LogP) is 3.28. The van der Waals surface area contributed by atoms with Crippen molar-refractivity contribution in [1.82, 2.24) is 0 Å². The molecule has 1 aliphatic carbocycles. The Hall–Kier alpha value is -1.22. The third-order valence-corrected chi connectivity index (χ3v) is 3.69. The summed E-state index contributed by atoms with van der Waals surface area (Å²) in [5, 5.41) is 9.90. The van der Waals surface area contributed by atoms with Crippen molar-refractivity contribution in [3.8, 4) is 11.5 Å². The molecule has 0 amide bonds. The number of aliphatic hydroxyl groups is 1. The molecule has 0 heterocycles. The maximum absolute atomic E-state index is 9.90. The normalized spacial score (nSPS) is 23.4. The molecule has 0 saturated heterocycles. The molecule has 1 aromatic carbocycles. The fourth-order valence-electron chi connectivity index (χ4n) is 2.53. The zero-order valence-electron chi connectivity index (χ0n) is 12.3. The van der Waals surface area contributed by atoms with Crippen LogP contribution in [0.1, 0.15) is 45.6 Å². The zero-order chi connectivity index (χ0) is 14.0. The van der Waals surface area contributed by atoms with Gasteiger partial charge in [-0.3, -0.25) is 0 Å². The number of rotatable bonds is 3. The SMILES string of the molecule is COc1ccc(O[C@H]2CCC[C@@H]2O)c(C(C)(C)C)c1. The van der Waals surface area contributed by atoms with E-state index in [0.717, 1.165) is 36.3 Å². The molecule has 106 valence electrons. The highest BCUT2D eigenvalue weighted by atomic mass is 16.5. The van der Waals surface area contributed by atoms with E-state index in [1.54, 1.807) is 7.11 Å². The van der Waals surface area contributed by atoms with Gasteiger partial charge in [-0.1, -0.05) is 20.8 Å². The van der Waals surface area contributed by atoms with Crippen LogP contribution < -0.4 is 9.47 Å². The van der Waals surface area contributed by atoms with Gasteiger partial charge < -0.3 is 14.6 Å². The van der Waals surface area contributed by atoms with E-state index < -0.39 is 0 Å². The minimum Gasteiger partial charge on any atom is -0.497 e. The summed E-state index contributed by atoms with van der Waals surface area (Å²) >= 11 is 0. The van der Waals surface area contributed by atoms with Crippen molar-refractivity contribution in [2.24, 2.45) is 0 Å². The van der Waals surface area contributed by atoms with Crippen molar-refractivity contribution in [2.45, 2.75) is 57.7 Å². The van der Waals surface area contributed by atoms with Crippen LogP contribution in [-0.2, 0) is 5.41 Å². The predicted molar refractivity (Wildman–Crippen MR) is 76.0 cm³/mol. The second kappa shape index (κ2) is 5.41. The first-order valence-corrected chi connectivity index (χ1v) is 6.95. The molecule has 0 radical (unpaired) electrons. The minimum absolute atomic E-state index is 0.0204. The van der Waals surface area contributed by atoms with Crippen LogP contribution in [0.2, 0.25) is 0 Å². The molecular weight excluding hydrogens is 240 g/mol. The third-order valence-electron chi connectivity index (χ3n) is 3.69. The van der Waals surface area contributed by atoms with Gasteiger partial charge in [0.05, 0.1) is 13.2 Å². The fraction of sp³-hybridized carbons (Fsp3) is 0.625. The van der Waals surface area contributed by atoms with Crippen molar-refractivity contribution in [3.63, 3.8) is 0 Å². The van der Waals surface area contributed by atoms with Crippen LogP contribution in [0.5, 0.6) is 11.5 Å². The molecule has 0 aliphatic heterocycles. The van der Waals surface area contributed by atoms with Crippen LogP contribution in [0, 0.1) is 0 Å². The Kier molecular flexibility index (Phi) is 4.04. The first kappa shape index (κ1) is 14.2. The highest BCUT2D eigenvalue weighted by Crippen LogP contribution is 2.36. The quantitative estimate of drug-likeness (QED) is 0.910. The number of hydrogen-bond acceptors (Lipinski definition) is 3. The van der Waals surface area contributed by atoms with Crippen molar-refractivity contribution in [3.05, 3.63) is 23.8 Å². The van der Waals surface area contributed by atoms with Gasteiger partial charge in [-0.2, -0.15) is 0 Å². The van der Waals surface area contributed by atoms with Crippen molar-refractivity contribution in [2.75, 3.05) is 7.11 Å². The van der Waals surface area contributed by atoms with E-state index in [1.165, 1.54) is 0 Å². The molecule has 1 fully saturated rings. The van der Waals surface area contributed by atoms with Crippen molar-refractivity contribution < 1.29 is 14.6 Å². The topological polar surface area (TPSA) is 38.7 Å². The first-order chi connectivity index (χ1) is 8.91. The highest BCUT2D eigenvalue weighted by Gasteiger charge is 2.29. The summed E-state index contributed by atoms with van der Waals surface area (Å²) < 4.78 is 11.3. The van der Waals surface area contributed by atoms with Gasteiger partial charge in [0, 0.05) is 5.56 Å². The highest BCUT2D eigenvalue weighted by molar-refractivity contribution is 5.44. The van der Waals surface area contributed by atoms with Gasteiger partial charge in [0.2, 0.25) is 0 Å². The number of benzene rings is 1. The minimum atomic E-state index is -0.338. The fourth-order valence-corrected chi connectivity index (χ4v) is 2.53. The first-order valence-electron chi connectivity index (χ1n) is 6.95. The van der Waals surface area contributed by atoms with Gasteiger partial charge in [0.15, 0.2) is 0 Å². The van der Waals surface area contributed by atoms with Crippen molar-refractivity contribution in [1.29, 1.82) is 0 Å². The van der Waals surface area contributed by atoms with E-state index in [1.807, 2.05) is 18.2 Å². The molecule has 0 bridgehead atoms.